The molecule has 4 amide bonds. The summed E-state index contributed by atoms with van der Waals surface area (Å²) in [5, 5.41) is 1.18. The first-order chi connectivity index (χ1) is 25.3. The van der Waals surface area contributed by atoms with Crippen molar-refractivity contribution in [3.8, 4) is 5.75 Å². The van der Waals surface area contributed by atoms with Crippen molar-refractivity contribution in [3.05, 3.63) is 99.0 Å². The predicted octanol–water partition coefficient (Wildman–Crippen LogP) is 6.19. The molecular weight excluding hydrogens is 739 g/mol. The summed E-state index contributed by atoms with van der Waals surface area (Å²) >= 11 is 12.7. The van der Waals surface area contributed by atoms with Gasteiger partial charge in [0.05, 0.1) is 38.0 Å². The number of benzene rings is 3. The molecule has 3 fully saturated rings. The molecule has 282 valence electrons. The molecule has 4 aliphatic heterocycles. The normalized spacial score (nSPS) is 20.6. The fourth-order valence-electron chi connectivity index (χ4n) is 7.43. The standard InChI is InChI=1S/C39H44Cl2N6O5.ClH/c1-2-52-33-14-9-29(38(49)45-15-3-4-16-45)25-32(33)37-42-35(27-5-10-30(40)11-6-27)36(28-7-12-31(41)13-8-28)47(37)39(50)46-19-17-43(18-20-46)26-34(48)44-21-23-51-24-22-44;/h5-14,25,35-36H,2-4,15-24,26H2,1H3;1H/t35-,36+;/m0./s1. The molecule has 0 saturated carbocycles. The molecule has 0 radical (unpaired) electrons. The average molecular weight is 784 g/mol. The smallest absolute Gasteiger partial charge is 0.326 e. The van der Waals surface area contributed by atoms with Gasteiger partial charge in [0.15, 0.2) is 0 Å². The van der Waals surface area contributed by atoms with Crippen LogP contribution < -0.4 is 4.74 Å². The van der Waals surface area contributed by atoms with Gasteiger partial charge in [0.25, 0.3) is 5.91 Å². The van der Waals surface area contributed by atoms with Crippen LogP contribution in [0.3, 0.4) is 0 Å². The van der Waals surface area contributed by atoms with Gasteiger partial charge in [-0.15, -0.1) is 12.4 Å². The van der Waals surface area contributed by atoms with Gasteiger partial charge in [-0.2, -0.15) is 0 Å². The lowest BCUT2D eigenvalue weighted by molar-refractivity contribution is -0.136. The van der Waals surface area contributed by atoms with E-state index in [-0.39, 0.29) is 30.3 Å². The molecule has 3 aromatic carbocycles. The first-order valence-electron chi connectivity index (χ1n) is 18.1. The molecule has 0 unspecified atom stereocenters. The van der Waals surface area contributed by atoms with Gasteiger partial charge in [-0.1, -0.05) is 47.5 Å². The highest BCUT2D eigenvalue weighted by Gasteiger charge is 2.45. The second kappa shape index (κ2) is 17.5. The molecular formula is C39H45Cl3N6O5. The number of hydrogen-bond donors (Lipinski definition) is 0. The van der Waals surface area contributed by atoms with E-state index in [0.29, 0.717) is 111 Å². The minimum atomic E-state index is -0.547. The van der Waals surface area contributed by atoms with E-state index < -0.39 is 12.1 Å². The van der Waals surface area contributed by atoms with Crippen LogP contribution >= 0.6 is 35.6 Å². The number of carbonyl (C=O) groups excluding carboxylic acids is 3. The molecule has 0 aliphatic carbocycles. The lowest BCUT2D eigenvalue weighted by Crippen LogP contribution is -2.56. The molecule has 11 nitrogen and oxygen atoms in total. The summed E-state index contributed by atoms with van der Waals surface area (Å²) in [6.07, 6.45) is 1.95. The minimum absolute atomic E-state index is 0. The van der Waals surface area contributed by atoms with Crippen LogP contribution in [-0.4, -0.2) is 127 Å². The summed E-state index contributed by atoms with van der Waals surface area (Å²) in [7, 11) is 0. The van der Waals surface area contributed by atoms with Crippen molar-refractivity contribution < 1.29 is 23.9 Å². The Kier molecular flexibility index (Phi) is 12.8. The van der Waals surface area contributed by atoms with E-state index in [9.17, 15) is 9.59 Å². The van der Waals surface area contributed by atoms with E-state index >= 15 is 4.79 Å². The minimum Gasteiger partial charge on any atom is -0.493 e. The van der Waals surface area contributed by atoms with Crippen molar-refractivity contribution in [2.45, 2.75) is 31.8 Å². The molecule has 2 atom stereocenters. The van der Waals surface area contributed by atoms with E-state index in [0.717, 1.165) is 24.0 Å². The lowest BCUT2D eigenvalue weighted by Gasteiger charge is -2.39. The van der Waals surface area contributed by atoms with Crippen LogP contribution in [0.25, 0.3) is 0 Å². The predicted molar refractivity (Wildman–Crippen MR) is 208 cm³/mol. The number of nitrogens with zero attached hydrogens (tertiary/aromatic N) is 6. The molecule has 0 aromatic heterocycles. The number of rotatable bonds is 8. The fraction of sp³-hybridized carbons (Fsp3) is 0.436. The van der Waals surface area contributed by atoms with Gasteiger partial charge in [-0.05, 0) is 73.4 Å². The second-order valence-electron chi connectivity index (χ2n) is 13.5. The summed E-state index contributed by atoms with van der Waals surface area (Å²) in [6, 6.07) is 19.2. The molecule has 4 heterocycles. The van der Waals surface area contributed by atoms with Crippen LogP contribution in [0.1, 0.15) is 58.9 Å². The highest BCUT2D eigenvalue weighted by Crippen LogP contribution is 2.45. The van der Waals surface area contributed by atoms with Gasteiger partial charge in [-0.25, -0.2) is 4.79 Å². The number of urea groups is 1. The van der Waals surface area contributed by atoms with Crippen LogP contribution in [0.2, 0.25) is 10.0 Å². The molecule has 4 aliphatic rings. The highest BCUT2D eigenvalue weighted by molar-refractivity contribution is 6.30. The van der Waals surface area contributed by atoms with Crippen LogP contribution in [0, 0.1) is 0 Å². The molecule has 3 aromatic rings. The fourth-order valence-corrected chi connectivity index (χ4v) is 7.68. The monoisotopic (exact) mass is 782 g/mol. The Hall–Kier alpha value is -3.87. The Morgan fingerprint density at radius 1 is 0.774 bits per heavy atom. The van der Waals surface area contributed by atoms with E-state index in [1.165, 1.54) is 0 Å². The van der Waals surface area contributed by atoms with Gasteiger partial charge in [-0.3, -0.25) is 24.4 Å². The summed E-state index contributed by atoms with van der Waals surface area (Å²) in [5.74, 6) is 0.992. The lowest BCUT2D eigenvalue weighted by atomic mass is 9.93. The van der Waals surface area contributed by atoms with E-state index in [4.69, 9.17) is 37.7 Å². The zero-order valence-electron chi connectivity index (χ0n) is 29.8. The van der Waals surface area contributed by atoms with Gasteiger partial charge in [0.1, 0.15) is 17.6 Å². The third-order valence-electron chi connectivity index (χ3n) is 10.2. The van der Waals surface area contributed by atoms with E-state index in [1.54, 1.807) is 11.0 Å². The SMILES string of the molecule is CCOc1ccc(C(=O)N2CCCC2)cc1C1=N[C@@H](c2ccc(Cl)cc2)[C@@H](c2ccc(Cl)cc2)N1C(=O)N1CCN(CC(=O)N2CCOCC2)CC1.Cl. The van der Waals surface area contributed by atoms with E-state index in [2.05, 4.69) is 4.90 Å². The first kappa shape index (κ1) is 38.8. The maximum absolute atomic E-state index is 15.0. The number of likely N-dealkylation sites (tertiary alicyclic amines) is 1. The van der Waals surface area contributed by atoms with Crippen molar-refractivity contribution in [1.82, 2.24) is 24.5 Å². The maximum Gasteiger partial charge on any atom is 0.326 e. The van der Waals surface area contributed by atoms with Crippen LogP contribution in [0.5, 0.6) is 5.75 Å². The summed E-state index contributed by atoms with van der Waals surface area (Å²) < 4.78 is 11.6. The van der Waals surface area contributed by atoms with Crippen LogP contribution in [-0.2, 0) is 9.53 Å². The number of piperazine rings is 1. The Labute approximate surface area is 326 Å². The van der Waals surface area contributed by atoms with Crippen LogP contribution in [0.4, 0.5) is 4.79 Å². The summed E-state index contributed by atoms with van der Waals surface area (Å²) in [5.41, 5.74) is 2.83. The van der Waals surface area contributed by atoms with Crippen molar-refractivity contribution in [1.29, 1.82) is 0 Å². The number of hydrogen-bond acceptors (Lipinski definition) is 7. The molecule has 53 heavy (non-hydrogen) atoms. The maximum atomic E-state index is 15.0. The topological polar surface area (TPSA) is 98.2 Å². The molecule has 7 rings (SSSR count). The highest BCUT2D eigenvalue weighted by atomic mass is 35.5. The number of amidine groups is 1. The third kappa shape index (κ3) is 8.60. The summed E-state index contributed by atoms with van der Waals surface area (Å²) in [4.78, 5) is 56.5. The molecule has 0 spiro atoms. The number of morpholine rings is 1. The zero-order chi connectivity index (χ0) is 36.2. The van der Waals surface area contributed by atoms with Gasteiger partial charge in [0, 0.05) is 68.0 Å². The van der Waals surface area contributed by atoms with Gasteiger partial charge < -0.3 is 24.2 Å². The number of halogens is 3. The Morgan fingerprint density at radius 3 is 2.02 bits per heavy atom. The van der Waals surface area contributed by atoms with Gasteiger partial charge >= 0.3 is 6.03 Å². The van der Waals surface area contributed by atoms with E-state index in [1.807, 2.05) is 82.3 Å². The second-order valence-corrected chi connectivity index (χ2v) is 14.4. The Bertz CT molecular complexity index is 1790. The van der Waals surface area contributed by atoms with Crippen molar-refractivity contribution >= 4 is 59.3 Å². The van der Waals surface area contributed by atoms with Crippen LogP contribution in [0.15, 0.2) is 71.7 Å². The van der Waals surface area contributed by atoms with Crippen molar-refractivity contribution in [2.75, 3.05) is 78.7 Å². The molecule has 0 N–H and O–H groups in total. The van der Waals surface area contributed by atoms with Gasteiger partial charge in [0.2, 0.25) is 5.91 Å². The molecule has 14 heteroatoms. The molecule has 3 saturated heterocycles. The number of aliphatic imine (C=N–C) groups is 1. The largest absolute Gasteiger partial charge is 0.493 e. The van der Waals surface area contributed by atoms with Crippen molar-refractivity contribution in [2.24, 2.45) is 4.99 Å². The van der Waals surface area contributed by atoms with Crippen molar-refractivity contribution in [3.63, 3.8) is 0 Å². The average Bonchev–Trinajstić information content (AvgIpc) is 3.86. The third-order valence-corrected chi connectivity index (χ3v) is 10.7. The molecule has 0 bridgehead atoms. The quantitative estimate of drug-likeness (QED) is 0.271. The Balaban J connectivity index is 0.00000481. The number of amides is 4. The number of carbonyl (C=O) groups is 3. The summed E-state index contributed by atoms with van der Waals surface area (Å²) in [6.45, 7) is 8.32. The zero-order valence-corrected chi connectivity index (χ0v) is 32.1. The first-order valence-corrected chi connectivity index (χ1v) is 18.9. The number of ether oxygens (including phenoxy) is 2. The Morgan fingerprint density at radius 2 is 1.40 bits per heavy atom.